The van der Waals surface area contributed by atoms with Crippen LogP contribution in [0.25, 0.3) is 0 Å². The summed E-state index contributed by atoms with van der Waals surface area (Å²) in [5, 5.41) is 0. The molecule has 0 fully saturated rings. The summed E-state index contributed by atoms with van der Waals surface area (Å²) in [6, 6.07) is 0. The van der Waals surface area contributed by atoms with Crippen molar-refractivity contribution < 1.29 is 61.6 Å². The third kappa shape index (κ3) is 32.0. The lowest BCUT2D eigenvalue weighted by atomic mass is 10.1. The van der Waals surface area contributed by atoms with Crippen molar-refractivity contribution in [3.8, 4) is 0 Å². The van der Waals surface area contributed by atoms with Crippen molar-refractivity contribution >= 4 is 0 Å². The Morgan fingerprint density at radius 1 is 0.315 bits per heavy atom. The first-order chi connectivity index (χ1) is 35.7. The van der Waals surface area contributed by atoms with E-state index in [0.29, 0.717) is 97.2 Å². The van der Waals surface area contributed by atoms with Gasteiger partial charge in [0.05, 0.1) is 65.6 Å². The highest BCUT2D eigenvalue weighted by molar-refractivity contribution is 5.37. The van der Waals surface area contributed by atoms with Gasteiger partial charge in [0.1, 0.15) is 0 Å². The molecule has 0 aliphatic rings. The summed E-state index contributed by atoms with van der Waals surface area (Å²) >= 11 is 0. The molecule has 13 heteroatoms. The average Bonchev–Trinajstić information content (AvgIpc) is 3.38. The van der Waals surface area contributed by atoms with Gasteiger partial charge in [0.15, 0.2) is 6.29 Å². The van der Waals surface area contributed by atoms with Crippen LogP contribution in [0.1, 0.15) is 251 Å². The van der Waals surface area contributed by atoms with Gasteiger partial charge < -0.3 is 61.6 Å². The van der Waals surface area contributed by atoms with Crippen LogP contribution in [0.2, 0.25) is 0 Å². The second-order valence-corrected chi connectivity index (χ2v) is 19.0. The summed E-state index contributed by atoms with van der Waals surface area (Å²) in [4.78, 5) is 0. The second-order valence-electron chi connectivity index (χ2n) is 19.0. The van der Waals surface area contributed by atoms with E-state index < -0.39 is 18.4 Å². The Hall–Kier alpha value is -2.42. The van der Waals surface area contributed by atoms with E-state index in [9.17, 15) is 0 Å². The Balaban J connectivity index is 9.75. The molecule has 0 aromatic rings. The van der Waals surface area contributed by atoms with Gasteiger partial charge in [-0.1, -0.05) is 160 Å². The van der Waals surface area contributed by atoms with Crippen LogP contribution in [0.15, 0.2) is 34.7 Å². The first-order valence-electron chi connectivity index (χ1n) is 30.1. The van der Waals surface area contributed by atoms with Crippen LogP contribution in [0.4, 0.5) is 0 Å². The van der Waals surface area contributed by atoms with Gasteiger partial charge in [0, 0.05) is 26.2 Å². The van der Waals surface area contributed by atoms with E-state index in [0.717, 1.165) is 154 Å². The molecule has 0 spiro atoms. The predicted octanol–water partition coefficient (Wildman–Crippen LogP) is 16.5. The largest absolute Gasteiger partial charge is 0.489 e. The van der Waals surface area contributed by atoms with Crippen molar-refractivity contribution in [3.63, 3.8) is 0 Å². The summed E-state index contributed by atoms with van der Waals surface area (Å²) in [5.41, 5.74) is 0. The van der Waals surface area contributed by atoms with Crippen LogP contribution in [0.5, 0.6) is 0 Å². The SMILES string of the molecule is CCCCOC(OCCCC)=C(OCCCC)C(OCCCC)=C(OCCCC)C(OCCCC)=C(OCCCC)C(OCCCC)(OCCCC)C(OCCCC)OC(CC(C)OCCCC)OCCCC. The molecule has 0 rings (SSSR count). The molecule has 0 aromatic carbocycles. The molecular formula is C60H116O13. The van der Waals surface area contributed by atoms with Crippen molar-refractivity contribution in [1.29, 1.82) is 0 Å². The molecule has 0 saturated heterocycles. The van der Waals surface area contributed by atoms with E-state index in [2.05, 4.69) is 90.0 Å². The summed E-state index contributed by atoms with van der Waals surface area (Å²) in [6.07, 6.45) is 19.0. The molecule has 0 N–H and O–H groups in total. The minimum Gasteiger partial charge on any atom is -0.489 e. The van der Waals surface area contributed by atoms with E-state index in [1.54, 1.807) is 0 Å². The molecule has 0 aromatic heterocycles. The van der Waals surface area contributed by atoms with Crippen LogP contribution >= 0.6 is 0 Å². The Morgan fingerprint density at radius 3 is 1.05 bits per heavy atom. The smallest absolute Gasteiger partial charge is 0.327 e. The molecule has 434 valence electrons. The van der Waals surface area contributed by atoms with Gasteiger partial charge in [-0.15, -0.1) is 0 Å². The highest BCUT2D eigenvalue weighted by Crippen LogP contribution is 2.41. The molecule has 0 heterocycles. The quantitative estimate of drug-likeness (QED) is 0.0249. The number of hydrogen-bond donors (Lipinski definition) is 0. The zero-order valence-electron chi connectivity index (χ0n) is 49.7. The third-order valence-electron chi connectivity index (χ3n) is 11.7. The van der Waals surface area contributed by atoms with E-state index in [4.69, 9.17) is 61.6 Å². The highest BCUT2D eigenvalue weighted by Gasteiger charge is 2.53. The normalized spacial score (nSPS) is 13.7. The first kappa shape index (κ1) is 70.6. The summed E-state index contributed by atoms with van der Waals surface area (Å²) in [6.45, 7) is 32.7. The van der Waals surface area contributed by atoms with Gasteiger partial charge in [-0.3, -0.25) is 0 Å². The Kier molecular flexibility index (Phi) is 48.7. The molecule has 73 heavy (non-hydrogen) atoms. The molecule has 0 radical (unpaired) electrons. The van der Waals surface area contributed by atoms with Gasteiger partial charge >= 0.3 is 5.95 Å². The summed E-state index contributed by atoms with van der Waals surface area (Å²) in [5.74, 6) is -0.134. The fourth-order valence-corrected chi connectivity index (χ4v) is 6.78. The Bertz CT molecular complexity index is 1300. The molecule has 3 atom stereocenters. The Labute approximate surface area is 449 Å². The highest BCUT2D eigenvalue weighted by atomic mass is 16.8. The maximum atomic E-state index is 7.34. The lowest BCUT2D eigenvalue weighted by Crippen LogP contribution is -2.55. The molecule has 3 unspecified atom stereocenters. The predicted molar refractivity (Wildman–Crippen MR) is 297 cm³/mol. The molecule has 0 amide bonds. The van der Waals surface area contributed by atoms with Gasteiger partial charge in [-0.25, -0.2) is 0 Å². The number of unbranched alkanes of at least 4 members (excludes halogenated alkanes) is 12. The van der Waals surface area contributed by atoms with Gasteiger partial charge in [-0.05, 0) is 84.0 Å². The van der Waals surface area contributed by atoms with Crippen molar-refractivity contribution in [1.82, 2.24) is 0 Å². The van der Waals surface area contributed by atoms with E-state index in [1.807, 2.05) is 0 Å². The summed E-state index contributed by atoms with van der Waals surface area (Å²) < 4.78 is 90.8. The number of rotatable bonds is 56. The van der Waals surface area contributed by atoms with Gasteiger partial charge in [0.25, 0.3) is 5.79 Å². The van der Waals surface area contributed by atoms with E-state index >= 15 is 0 Å². The minimum atomic E-state index is -1.84. The molecule has 0 aliphatic carbocycles. The maximum Gasteiger partial charge on any atom is 0.327 e. The fourth-order valence-electron chi connectivity index (χ4n) is 6.78. The van der Waals surface area contributed by atoms with Crippen molar-refractivity contribution in [3.05, 3.63) is 34.7 Å². The minimum absolute atomic E-state index is 0.162. The maximum absolute atomic E-state index is 7.34. The average molecular weight is 1050 g/mol. The van der Waals surface area contributed by atoms with Crippen LogP contribution in [-0.4, -0.2) is 104 Å². The second kappa shape index (κ2) is 50.4. The zero-order chi connectivity index (χ0) is 54.1. The van der Waals surface area contributed by atoms with Gasteiger partial charge in [0.2, 0.25) is 35.1 Å². The van der Waals surface area contributed by atoms with Crippen molar-refractivity contribution in [2.75, 3.05) is 79.3 Å². The first-order valence-corrected chi connectivity index (χ1v) is 30.1. The number of hydrogen-bond acceptors (Lipinski definition) is 13. The third-order valence-corrected chi connectivity index (χ3v) is 11.7. The topological polar surface area (TPSA) is 120 Å². The Morgan fingerprint density at radius 2 is 0.630 bits per heavy atom. The van der Waals surface area contributed by atoms with Crippen molar-refractivity contribution in [2.45, 2.75) is 275 Å². The van der Waals surface area contributed by atoms with Crippen LogP contribution < -0.4 is 0 Å². The van der Waals surface area contributed by atoms with Crippen LogP contribution in [0.3, 0.4) is 0 Å². The monoisotopic (exact) mass is 1040 g/mol. The molecule has 0 aliphatic heterocycles. The zero-order valence-corrected chi connectivity index (χ0v) is 49.7. The molecular weight excluding hydrogens is 929 g/mol. The van der Waals surface area contributed by atoms with Crippen molar-refractivity contribution in [2.24, 2.45) is 0 Å². The molecule has 0 saturated carbocycles. The lowest BCUT2D eigenvalue weighted by molar-refractivity contribution is -0.376. The van der Waals surface area contributed by atoms with E-state index in [-0.39, 0.29) is 29.3 Å². The number of ether oxygens (including phenoxy) is 13. The van der Waals surface area contributed by atoms with Crippen LogP contribution in [0, 0.1) is 0 Å². The standard InChI is InChI=1S/C60H116O13/c1-14-26-38-61-51(13)50-52(62-39-27-15-2)73-59(70-47-35-23-10)60(71-48-36-24-11,72-49-37-25-12)57(67-44-32-20-7)55(65-42-30-18-5)53(63-40-28-16-3)54(64-41-29-17-4)56(66-43-31-19-6)58(68-45-33-21-8)69-46-34-22-9/h51-52,59H,14-50H2,1-13H3. The van der Waals surface area contributed by atoms with Gasteiger partial charge in [-0.2, -0.15) is 0 Å². The summed E-state index contributed by atoms with van der Waals surface area (Å²) in [7, 11) is 0. The van der Waals surface area contributed by atoms with E-state index in [1.165, 1.54) is 0 Å². The van der Waals surface area contributed by atoms with Crippen LogP contribution in [-0.2, 0) is 61.6 Å². The molecule has 13 nitrogen and oxygen atoms in total. The molecule has 0 bridgehead atoms. The fraction of sp³-hybridized carbons (Fsp3) is 0.900. The lowest BCUT2D eigenvalue weighted by Gasteiger charge is -2.42.